The summed E-state index contributed by atoms with van der Waals surface area (Å²) in [5, 5.41) is 0.198. The smallest absolute Gasteiger partial charge is 0.405 e. The van der Waals surface area contributed by atoms with Gasteiger partial charge in [0.15, 0.2) is 0 Å². The van der Waals surface area contributed by atoms with Crippen LogP contribution in [-0.2, 0) is 0 Å². The largest absolute Gasteiger partial charge is 0.573 e. The first kappa shape index (κ1) is 14.0. The molecule has 1 aromatic heterocycles. The van der Waals surface area contributed by atoms with E-state index in [2.05, 4.69) is 9.72 Å². The lowest BCUT2D eigenvalue weighted by Gasteiger charge is -2.14. The Balaban J connectivity index is 2.57. The van der Waals surface area contributed by atoms with Gasteiger partial charge in [-0.15, -0.1) is 13.2 Å². The molecule has 0 unspecified atom stereocenters. The van der Waals surface area contributed by atoms with Gasteiger partial charge in [0.1, 0.15) is 10.9 Å². The molecule has 7 heteroatoms. The molecule has 0 aliphatic carbocycles. The molecule has 0 aliphatic heterocycles. The van der Waals surface area contributed by atoms with Gasteiger partial charge in [0.05, 0.1) is 5.02 Å². The van der Waals surface area contributed by atoms with E-state index in [4.69, 9.17) is 23.2 Å². The average Bonchev–Trinajstić information content (AvgIpc) is 2.29. The van der Waals surface area contributed by atoms with Gasteiger partial charge in [0.2, 0.25) is 0 Å². The molecule has 0 atom stereocenters. The lowest BCUT2D eigenvalue weighted by atomic mass is 10.1. The average molecular weight is 308 g/mol. The Morgan fingerprint density at radius 3 is 2.37 bits per heavy atom. The number of nitrogens with zero attached hydrogens (tertiary/aromatic N) is 1. The zero-order valence-electron chi connectivity index (χ0n) is 9.21. The number of benzene rings is 1. The molecule has 1 aromatic carbocycles. The fraction of sp³-hybridized carbons (Fsp3) is 0.0833. The molecule has 0 amide bonds. The molecule has 2 aromatic rings. The van der Waals surface area contributed by atoms with Crippen LogP contribution in [0.25, 0.3) is 11.1 Å². The molecule has 19 heavy (non-hydrogen) atoms. The van der Waals surface area contributed by atoms with Crippen molar-refractivity contribution >= 4 is 23.2 Å². The Morgan fingerprint density at radius 2 is 1.74 bits per heavy atom. The molecular formula is C12H6Cl2F3NO. The van der Waals surface area contributed by atoms with E-state index in [1.54, 1.807) is 6.07 Å². The number of hydrogen-bond acceptors (Lipinski definition) is 2. The van der Waals surface area contributed by atoms with Crippen LogP contribution in [-0.4, -0.2) is 11.3 Å². The van der Waals surface area contributed by atoms with Crippen molar-refractivity contribution in [1.29, 1.82) is 0 Å². The number of hydrogen-bond donors (Lipinski definition) is 0. The van der Waals surface area contributed by atoms with Crippen LogP contribution < -0.4 is 4.74 Å². The monoisotopic (exact) mass is 307 g/mol. The summed E-state index contributed by atoms with van der Waals surface area (Å²) in [6.07, 6.45) is -3.43. The molecule has 0 spiro atoms. The van der Waals surface area contributed by atoms with Gasteiger partial charge in [-0.1, -0.05) is 41.4 Å². The third-order valence-corrected chi connectivity index (χ3v) is 2.84. The standard InChI is InChI=1S/C12H6Cl2F3NO/c13-8-5-6-18-11(14)10(8)7-3-1-2-4-9(7)19-12(15,16)17/h1-6H. The van der Waals surface area contributed by atoms with Gasteiger partial charge in [0, 0.05) is 17.3 Å². The highest BCUT2D eigenvalue weighted by Gasteiger charge is 2.32. The third kappa shape index (κ3) is 3.30. The van der Waals surface area contributed by atoms with Crippen molar-refractivity contribution in [3.63, 3.8) is 0 Å². The van der Waals surface area contributed by atoms with Crippen molar-refractivity contribution in [2.75, 3.05) is 0 Å². The van der Waals surface area contributed by atoms with Crippen molar-refractivity contribution < 1.29 is 17.9 Å². The first-order valence-corrected chi connectivity index (χ1v) is 5.79. The molecule has 100 valence electrons. The van der Waals surface area contributed by atoms with Gasteiger partial charge in [0.25, 0.3) is 0 Å². The zero-order valence-corrected chi connectivity index (χ0v) is 10.7. The second-order valence-electron chi connectivity index (χ2n) is 3.50. The van der Waals surface area contributed by atoms with Crippen LogP contribution in [0.15, 0.2) is 36.5 Å². The SMILES string of the molecule is FC(F)(F)Oc1ccccc1-c1c(Cl)ccnc1Cl. The predicted octanol–water partition coefficient (Wildman–Crippen LogP) is 4.95. The molecule has 0 saturated heterocycles. The molecule has 0 bridgehead atoms. The predicted molar refractivity (Wildman–Crippen MR) is 66.4 cm³/mol. The fourth-order valence-corrected chi connectivity index (χ4v) is 2.10. The zero-order chi connectivity index (χ0) is 14.0. The van der Waals surface area contributed by atoms with Crippen LogP contribution in [0.1, 0.15) is 0 Å². The Morgan fingerprint density at radius 1 is 1.05 bits per heavy atom. The second-order valence-corrected chi connectivity index (χ2v) is 4.27. The minimum absolute atomic E-state index is 0.00530. The minimum Gasteiger partial charge on any atom is -0.405 e. The highest BCUT2D eigenvalue weighted by molar-refractivity contribution is 6.38. The van der Waals surface area contributed by atoms with Crippen LogP contribution >= 0.6 is 23.2 Å². The summed E-state index contributed by atoms with van der Waals surface area (Å²) < 4.78 is 41.0. The number of halogens is 5. The number of rotatable bonds is 2. The van der Waals surface area contributed by atoms with Crippen molar-refractivity contribution in [3.8, 4) is 16.9 Å². The fourth-order valence-electron chi connectivity index (χ4n) is 1.54. The van der Waals surface area contributed by atoms with Crippen molar-refractivity contribution in [2.24, 2.45) is 0 Å². The van der Waals surface area contributed by atoms with E-state index >= 15 is 0 Å². The quantitative estimate of drug-likeness (QED) is 0.732. The Hall–Kier alpha value is -1.46. The number of pyridine rings is 1. The molecular weight excluding hydrogens is 302 g/mol. The van der Waals surface area contributed by atoms with Crippen LogP contribution in [0.4, 0.5) is 13.2 Å². The van der Waals surface area contributed by atoms with Gasteiger partial charge in [-0.2, -0.15) is 0 Å². The van der Waals surface area contributed by atoms with Crippen LogP contribution in [0, 0.1) is 0 Å². The van der Waals surface area contributed by atoms with E-state index in [0.717, 1.165) is 0 Å². The van der Waals surface area contributed by atoms with E-state index < -0.39 is 6.36 Å². The number of aromatic nitrogens is 1. The van der Waals surface area contributed by atoms with E-state index in [1.807, 2.05) is 0 Å². The molecule has 0 aliphatic rings. The summed E-state index contributed by atoms with van der Waals surface area (Å²) >= 11 is 11.8. The van der Waals surface area contributed by atoms with Gasteiger partial charge >= 0.3 is 6.36 Å². The highest BCUT2D eigenvalue weighted by Crippen LogP contribution is 2.40. The van der Waals surface area contributed by atoms with E-state index in [1.165, 1.54) is 30.5 Å². The first-order chi connectivity index (χ1) is 8.88. The maximum Gasteiger partial charge on any atom is 0.573 e. The molecule has 0 saturated carbocycles. The van der Waals surface area contributed by atoms with Crippen LogP contribution in [0.3, 0.4) is 0 Å². The van der Waals surface area contributed by atoms with Gasteiger partial charge in [-0.05, 0) is 12.1 Å². The summed E-state index contributed by atoms with van der Waals surface area (Å²) in [6.45, 7) is 0. The molecule has 1 heterocycles. The molecule has 2 nitrogen and oxygen atoms in total. The molecule has 0 N–H and O–H groups in total. The number of para-hydroxylation sites is 1. The van der Waals surface area contributed by atoms with Gasteiger partial charge in [-0.25, -0.2) is 4.98 Å². The minimum atomic E-state index is -4.79. The Bertz CT molecular complexity index is 582. The summed E-state index contributed by atoms with van der Waals surface area (Å²) in [4.78, 5) is 3.80. The lowest BCUT2D eigenvalue weighted by Crippen LogP contribution is -2.17. The van der Waals surface area contributed by atoms with Crippen LogP contribution in [0.2, 0.25) is 10.2 Å². The number of alkyl halides is 3. The van der Waals surface area contributed by atoms with Crippen molar-refractivity contribution in [3.05, 3.63) is 46.7 Å². The Labute approximate surface area is 116 Å². The first-order valence-electron chi connectivity index (χ1n) is 5.03. The van der Waals surface area contributed by atoms with Crippen molar-refractivity contribution in [1.82, 2.24) is 4.98 Å². The second kappa shape index (κ2) is 5.27. The summed E-state index contributed by atoms with van der Waals surface area (Å²) in [5.41, 5.74) is 0.327. The molecule has 0 fully saturated rings. The lowest BCUT2D eigenvalue weighted by molar-refractivity contribution is -0.274. The summed E-state index contributed by atoms with van der Waals surface area (Å²) in [7, 11) is 0. The van der Waals surface area contributed by atoms with Gasteiger partial charge < -0.3 is 4.74 Å². The molecule has 0 radical (unpaired) electrons. The van der Waals surface area contributed by atoms with Gasteiger partial charge in [-0.3, -0.25) is 0 Å². The summed E-state index contributed by atoms with van der Waals surface area (Å²) in [6, 6.07) is 7.02. The topological polar surface area (TPSA) is 22.1 Å². The molecule has 2 rings (SSSR count). The highest BCUT2D eigenvalue weighted by atomic mass is 35.5. The van der Waals surface area contributed by atoms with E-state index in [0.29, 0.717) is 0 Å². The maximum atomic E-state index is 12.3. The van der Waals surface area contributed by atoms with E-state index in [9.17, 15) is 13.2 Å². The third-order valence-electron chi connectivity index (χ3n) is 2.24. The van der Waals surface area contributed by atoms with E-state index in [-0.39, 0.29) is 27.1 Å². The maximum absolute atomic E-state index is 12.3. The Kier molecular flexibility index (Phi) is 3.87. The van der Waals surface area contributed by atoms with Crippen molar-refractivity contribution in [2.45, 2.75) is 6.36 Å². The summed E-state index contributed by atoms with van der Waals surface area (Å²) in [5.74, 6) is -0.383. The van der Waals surface area contributed by atoms with Crippen LogP contribution in [0.5, 0.6) is 5.75 Å². The number of ether oxygens (including phenoxy) is 1. The normalized spacial score (nSPS) is 11.4.